The van der Waals surface area contributed by atoms with Gasteiger partial charge >= 0.3 is 0 Å². The van der Waals surface area contributed by atoms with Gasteiger partial charge in [0.25, 0.3) is 5.91 Å². The molecule has 0 saturated heterocycles. The fourth-order valence-corrected chi connectivity index (χ4v) is 4.06. The third-order valence-electron chi connectivity index (χ3n) is 5.47. The van der Waals surface area contributed by atoms with Crippen LogP contribution in [-0.4, -0.2) is 35.1 Å². The first kappa shape index (κ1) is 21.3. The highest BCUT2D eigenvalue weighted by molar-refractivity contribution is 6.30. The van der Waals surface area contributed by atoms with E-state index in [0.717, 1.165) is 16.8 Å². The van der Waals surface area contributed by atoms with Gasteiger partial charge in [-0.15, -0.1) is 0 Å². The fraction of sp³-hybridized carbons (Fsp3) is 0.231. The largest absolute Gasteiger partial charge is 0.293 e. The number of hydrogen-bond donors (Lipinski definition) is 0. The van der Waals surface area contributed by atoms with Crippen LogP contribution in [0.4, 0.5) is 0 Å². The number of benzene rings is 3. The molecule has 4 rings (SSSR count). The minimum atomic E-state index is -0.134. The molecule has 31 heavy (non-hydrogen) atoms. The molecule has 1 amide bonds. The predicted molar refractivity (Wildman–Crippen MR) is 126 cm³/mol. The summed E-state index contributed by atoms with van der Waals surface area (Å²) >= 11 is 6.09. The molecule has 0 aromatic heterocycles. The predicted octanol–water partition coefficient (Wildman–Crippen LogP) is 5.46. The summed E-state index contributed by atoms with van der Waals surface area (Å²) in [6, 6.07) is 26.0. The summed E-state index contributed by atoms with van der Waals surface area (Å²) in [6.07, 6.45) is 0.680. The minimum Gasteiger partial charge on any atom is -0.293 e. The summed E-state index contributed by atoms with van der Waals surface area (Å²) in [5, 5.41) is 7.12. The van der Waals surface area contributed by atoms with Gasteiger partial charge in [0, 0.05) is 18.0 Å². The second-order valence-corrected chi connectivity index (χ2v) is 8.52. The first-order valence-electron chi connectivity index (χ1n) is 10.4. The van der Waals surface area contributed by atoms with E-state index in [2.05, 4.69) is 37.3 Å². The van der Waals surface area contributed by atoms with E-state index in [0.29, 0.717) is 24.5 Å². The van der Waals surface area contributed by atoms with Gasteiger partial charge in [0.2, 0.25) is 0 Å². The van der Waals surface area contributed by atoms with Crippen LogP contribution in [0.15, 0.2) is 84.0 Å². The van der Waals surface area contributed by atoms with Crippen LogP contribution in [0.5, 0.6) is 0 Å². The van der Waals surface area contributed by atoms with E-state index < -0.39 is 0 Å². The molecule has 0 fully saturated rings. The molecular weight excluding hydrogens is 406 g/mol. The first-order chi connectivity index (χ1) is 15.0. The first-order valence-corrected chi connectivity index (χ1v) is 10.8. The Hall–Kier alpha value is -2.95. The molecule has 4 nitrogen and oxygen atoms in total. The van der Waals surface area contributed by atoms with Crippen LogP contribution in [0.2, 0.25) is 5.02 Å². The molecule has 158 valence electrons. The molecule has 3 aromatic rings. The van der Waals surface area contributed by atoms with E-state index in [9.17, 15) is 4.79 Å². The molecule has 0 bridgehead atoms. The van der Waals surface area contributed by atoms with E-state index in [1.807, 2.05) is 60.5 Å². The highest BCUT2D eigenvalue weighted by Gasteiger charge is 2.33. The van der Waals surface area contributed by atoms with Crippen molar-refractivity contribution >= 4 is 23.2 Å². The zero-order valence-corrected chi connectivity index (χ0v) is 18.6. The van der Waals surface area contributed by atoms with Crippen molar-refractivity contribution in [2.45, 2.75) is 25.9 Å². The topological polar surface area (TPSA) is 35.9 Å². The lowest BCUT2D eigenvalue weighted by atomic mass is 9.97. The van der Waals surface area contributed by atoms with Gasteiger partial charge in [-0.05, 0) is 42.8 Å². The second kappa shape index (κ2) is 9.46. The summed E-state index contributed by atoms with van der Waals surface area (Å²) in [4.78, 5) is 15.3. The maximum atomic E-state index is 13.3. The van der Waals surface area contributed by atoms with Crippen molar-refractivity contribution in [1.29, 1.82) is 0 Å². The Kier molecular flexibility index (Phi) is 6.50. The molecule has 0 aliphatic carbocycles. The van der Waals surface area contributed by atoms with E-state index in [-0.39, 0.29) is 11.9 Å². The third-order valence-corrected chi connectivity index (χ3v) is 5.72. The van der Waals surface area contributed by atoms with Gasteiger partial charge in [0.15, 0.2) is 0 Å². The monoisotopic (exact) mass is 431 g/mol. The lowest BCUT2D eigenvalue weighted by Crippen LogP contribution is -2.36. The normalized spacial score (nSPS) is 15.9. The van der Waals surface area contributed by atoms with Crippen molar-refractivity contribution in [2.24, 2.45) is 5.10 Å². The Balaban J connectivity index is 1.56. The standard InChI is InChI=1S/C26H26ClN3O/c1-19-7-6-10-22(15-19)24-16-25(21-11-13-23(27)14-12-21)30(28-24)26(31)18-29(2)17-20-8-4-3-5-9-20/h3-15,25H,16-18H2,1-2H3. The molecule has 0 N–H and O–H groups in total. The summed E-state index contributed by atoms with van der Waals surface area (Å²) in [6.45, 7) is 3.07. The fourth-order valence-electron chi connectivity index (χ4n) is 3.94. The molecule has 5 heteroatoms. The number of carbonyl (C=O) groups is 1. The molecule has 1 unspecified atom stereocenters. The number of carbonyl (C=O) groups excluding carboxylic acids is 1. The Labute approximate surface area is 188 Å². The van der Waals surface area contributed by atoms with E-state index in [4.69, 9.17) is 16.7 Å². The molecular formula is C26H26ClN3O. The zero-order valence-electron chi connectivity index (χ0n) is 17.8. The van der Waals surface area contributed by atoms with Crippen LogP contribution in [0.25, 0.3) is 0 Å². The molecule has 1 heterocycles. The van der Waals surface area contributed by atoms with Gasteiger partial charge in [-0.3, -0.25) is 9.69 Å². The third kappa shape index (κ3) is 5.22. The molecule has 0 spiro atoms. The summed E-state index contributed by atoms with van der Waals surface area (Å²) in [7, 11) is 1.96. The summed E-state index contributed by atoms with van der Waals surface area (Å²) in [5.74, 6) is -0.0129. The van der Waals surface area contributed by atoms with Crippen molar-refractivity contribution in [3.8, 4) is 0 Å². The summed E-state index contributed by atoms with van der Waals surface area (Å²) < 4.78 is 0. The number of nitrogens with zero attached hydrogens (tertiary/aromatic N) is 3. The van der Waals surface area contributed by atoms with Crippen molar-refractivity contribution in [3.05, 3.63) is 106 Å². The minimum absolute atomic E-state index is 0.0129. The van der Waals surface area contributed by atoms with Crippen LogP contribution in [0.1, 0.15) is 34.7 Å². The van der Waals surface area contributed by atoms with Crippen LogP contribution in [0.3, 0.4) is 0 Å². The van der Waals surface area contributed by atoms with E-state index >= 15 is 0 Å². The van der Waals surface area contributed by atoms with Gasteiger partial charge in [-0.2, -0.15) is 5.10 Å². The number of aryl methyl sites for hydroxylation is 1. The van der Waals surface area contributed by atoms with Crippen LogP contribution < -0.4 is 0 Å². The lowest BCUT2D eigenvalue weighted by molar-refractivity contribution is -0.134. The van der Waals surface area contributed by atoms with Gasteiger partial charge < -0.3 is 0 Å². The highest BCUT2D eigenvalue weighted by atomic mass is 35.5. The Morgan fingerprint density at radius 3 is 2.52 bits per heavy atom. The lowest BCUT2D eigenvalue weighted by Gasteiger charge is -2.25. The SMILES string of the molecule is Cc1cccc(C2=NN(C(=O)CN(C)Cc3ccccc3)C(c3ccc(Cl)cc3)C2)c1. The van der Waals surface area contributed by atoms with Crippen molar-refractivity contribution < 1.29 is 4.79 Å². The average Bonchev–Trinajstić information content (AvgIpc) is 3.21. The number of hydrazone groups is 1. The smallest absolute Gasteiger partial charge is 0.257 e. The Bertz CT molecular complexity index is 1080. The Morgan fingerprint density at radius 2 is 1.81 bits per heavy atom. The quantitative estimate of drug-likeness (QED) is 0.519. The van der Waals surface area contributed by atoms with Crippen molar-refractivity contribution in [2.75, 3.05) is 13.6 Å². The summed E-state index contributed by atoms with van der Waals surface area (Å²) in [5.41, 5.74) is 5.39. The maximum Gasteiger partial charge on any atom is 0.257 e. The molecule has 1 aliphatic heterocycles. The number of rotatable bonds is 6. The number of likely N-dealkylation sites (N-methyl/N-ethyl adjacent to an activating group) is 1. The molecule has 0 saturated carbocycles. The molecule has 3 aromatic carbocycles. The van der Waals surface area contributed by atoms with Gasteiger partial charge in [0.05, 0.1) is 18.3 Å². The van der Waals surface area contributed by atoms with Crippen LogP contribution in [-0.2, 0) is 11.3 Å². The van der Waals surface area contributed by atoms with E-state index in [1.54, 1.807) is 5.01 Å². The van der Waals surface area contributed by atoms with E-state index in [1.165, 1.54) is 11.1 Å². The van der Waals surface area contributed by atoms with Crippen molar-refractivity contribution in [3.63, 3.8) is 0 Å². The highest BCUT2D eigenvalue weighted by Crippen LogP contribution is 2.33. The molecule has 1 atom stereocenters. The molecule has 0 radical (unpaired) electrons. The number of hydrogen-bond acceptors (Lipinski definition) is 3. The van der Waals surface area contributed by atoms with Crippen LogP contribution >= 0.6 is 11.6 Å². The van der Waals surface area contributed by atoms with Gasteiger partial charge in [-0.25, -0.2) is 5.01 Å². The number of amides is 1. The zero-order chi connectivity index (χ0) is 21.8. The second-order valence-electron chi connectivity index (χ2n) is 8.08. The Morgan fingerprint density at radius 1 is 1.06 bits per heavy atom. The van der Waals surface area contributed by atoms with Crippen molar-refractivity contribution in [1.82, 2.24) is 9.91 Å². The average molecular weight is 432 g/mol. The van der Waals surface area contributed by atoms with Crippen LogP contribution in [0, 0.1) is 6.92 Å². The maximum absolute atomic E-state index is 13.3. The number of halogens is 1. The van der Waals surface area contributed by atoms with Gasteiger partial charge in [-0.1, -0.05) is 83.9 Å². The van der Waals surface area contributed by atoms with Gasteiger partial charge in [0.1, 0.15) is 0 Å². The molecule has 1 aliphatic rings.